The molecule has 1 aromatic carbocycles. The Hall–Kier alpha value is -0.860. The highest BCUT2D eigenvalue weighted by Crippen LogP contribution is 2.19. The van der Waals surface area contributed by atoms with E-state index in [-0.39, 0.29) is 24.0 Å². The fourth-order valence-corrected chi connectivity index (χ4v) is 4.03. The highest BCUT2D eigenvalue weighted by atomic mass is 127. The van der Waals surface area contributed by atoms with Gasteiger partial charge < -0.3 is 15.5 Å². The van der Waals surface area contributed by atoms with Gasteiger partial charge in [-0.1, -0.05) is 44.2 Å². The molecular weight excluding hydrogens is 473 g/mol. The third kappa shape index (κ3) is 9.66. The van der Waals surface area contributed by atoms with E-state index in [0.717, 1.165) is 32.1 Å². The SMILES string of the molecule is CCN(CC)CCCC(C)NC(=NC)NCC1CCCN1Cc1ccccc1.I. The first-order valence-electron chi connectivity index (χ1n) is 11.1. The van der Waals surface area contributed by atoms with E-state index in [1.54, 1.807) is 0 Å². The first kappa shape index (κ1) is 26.2. The van der Waals surface area contributed by atoms with Crippen LogP contribution in [0.2, 0.25) is 0 Å². The molecule has 1 aliphatic rings. The molecule has 0 radical (unpaired) electrons. The lowest BCUT2D eigenvalue weighted by Gasteiger charge is -2.26. The molecule has 166 valence electrons. The van der Waals surface area contributed by atoms with Crippen LogP contribution in [-0.4, -0.2) is 67.6 Å². The average molecular weight is 516 g/mol. The van der Waals surface area contributed by atoms with Crippen molar-refractivity contribution in [2.45, 2.75) is 65.1 Å². The number of rotatable bonds is 11. The summed E-state index contributed by atoms with van der Waals surface area (Å²) in [5, 5.41) is 7.13. The van der Waals surface area contributed by atoms with E-state index in [1.807, 2.05) is 7.05 Å². The van der Waals surface area contributed by atoms with Crippen LogP contribution in [0.15, 0.2) is 35.3 Å². The monoisotopic (exact) mass is 515 g/mol. The molecule has 0 bridgehead atoms. The minimum Gasteiger partial charge on any atom is -0.355 e. The quantitative estimate of drug-likeness (QED) is 0.266. The Bertz CT molecular complexity index is 562. The zero-order valence-electron chi connectivity index (χ0n) is 18.9. The second-order valence-electron chi connectivity index (χ2n) is 7.92. The highest BCUT2D eigenvalue weighted by molar-refractivity contribution is 14.0. The maximum Gasteiger partial charge on any atom is 0.191 e. The van der Waals surface area contributed by atoms with Crippen LogP contribution < -0.4 is 10.6 Å². The molecule has 0 aliphatic carbocycles. The van der Waals surface area contributed by atoms with Gasteiger partial charge in [-0.25, -0.2) is 0 Å². The molecule has 0 amide bonds. The topological polar surface area (TPSA) is 42.9 Å². The van der Waals surface area contributed by atoms with E-state index >= 15 is 0 Å². The molecule has 29 heavy (non-hydrogen) atoms. The Kier molecular flexibility index (Phi) is 13.6. The summed E-state index contributed by atoms with van der Waals surface area (Å²) in [5.41, 5.74) is 1.40. The van der Waals surface area contributed by atoms with Gasteiger partial charge in [0, 0.05) is 32.2 Å². The molecule has 1 fully saturated rings. The molecular formula is C23H42IN5. The average Bonchev–Trinajstić information content (AvgIpc) is 3.16. The third-order valence-corrected chi connectivity index (χ3v) is 5.85. The van der Waals surface area contributed by atoms with Crippen molar-refractivity contribution >= 4 is 29.9 Å². The molecule has 0 spiro atoms. The van der Waals surface area contributed by atoms with Gasteiger partial charge in [-0.3, -0.25) is 9.89 Å². The van der Waals surface area contributed by atoms with Crippen molar-refractivity contribution < 1.29 is 0 Å². The zero-order chi connectivity index (χ0) is 20.2. The Morgan fingerprint density at radius 2 is 1.97 bits per heavy atom. The molecule has 2 N–H and O–H groups in total. The third-order valence-electron chi connectivity index (χ3n) is 5.85. The lowest BCUT2D eigenvalue weighted by atomic mass is 10.1. The Labute approximate surface area is 195 Å². The lowest BCUT2D eigenvalue weighted by molar-refractivity contribution is 0.245. The second kappa shape index (κ2) is 15.0. The summed E-state index contributed by atoms with van der Waals surface area (Å²) >= 11 is 0. The summed E-state index contributed by atoms with van der Waals surface area (Å²) in [5.74, 6) is 0.932. The van der Waals surface area contributed by atoms with Crippen LogP contribution in [0, 0.1) is 0 Å². The van der Waals surface area contributed by atoms with Gasteiger partial charge in [-0.15, -0.1) is 24.0 Å². The first-order chi connectivity index (χ1) is 13.7. The maximum atomic E-state index is 4.44. The Morgan fingerprint density at radius 3 is 2.62 bits per heavy atom. The number of nitrogens with one attached hydrogen (secondary N) is 2. The number of aliphatic imine (C=N–C) groups is 1. The van der Waals surface area contributed by atoms with Crippen LogP contribution in [0.3, 0.4) is 0 Å². The summed E-state index contributed by atoms with van der Waals surface area (Å²) in [6, 6.07) is 11.8. The summed E-state index contributed by atoms with van der Waals surface area (Å²) < 4.78 is 0. The summed E-state index contributed by atoms with van der Waals surface area (Å²) in [6.45, 7) is 13.4. The van der Waals surface area contributed by atoms with Gasteiger partial charge in [0.05, 0.1) is 0 Å². The number of guanidine groups is 1. The molecule has 2 unspecified atom stereocenters. The molecule has 6 heteroatoms. The van der Waals surface area contributed by atoms with Crippen molar-refractivity contribution in [1.29, 1.82) is 0 Å². The lowest BCUT2D eigenvalue weighted by Crippen LogP contribution is -2.47. The Morgan fingerprint density at radius 1 is 1.24 bits per heavy atom. The number of hydrogen-bond acceptors (Lipinski definition) is 3. The molecule has 0 saturated carbocycles. The number of nitrogens with zero attached hydrogens (tertiary/aromatic N) is 3. The van der Waals surface area contributed by atoms with Gasteiger partial charge in [-0.2, -0.15) is 0 Å². The van der Waals surface area contributed by atoms with Crippen LogP contribution in [0.25, 0.3) is 0 Å². The van der Waals surface area contributed by atoms with Gasteiger partial charge in [0.15, 0.2) is 5.96 Å². The van der Waals surface area contributed by atoms with Crippen molar-refractivity contribution in [3.05, 3.63) is 35.9 Å². The Balaban J connectivity index is 0.00000420. The maximum absolute atomic E-state index is 4.44. The molecule has 2 rings (SSSR count). The van der Waals surface area contributed by atoms with Crippen LogP contribution in [0.1, 0.15) is 52.0 Å². The van der Waals surface area contributed by atoms with Gasteiger partial charge in [0.1, 0.15) is 0 Å². The number of halogens is 1. The van der Waals surface area contributed by atoms with E-state index in [2.05, 4.69) is 76.5 Å². The second-order valence-corrected chi connectivity index (χ2v) is 7.92. The van der Waals surface area contributed by atoms with Crippen molar-refractivity contribution in [2.24, 2.45) is 4.99 Å². The predicted octanol–water partition coefficient (Wildman–Crippen LogP) is 3.94. The summed E-state index contributed by atoms with van der Waals surface area (Å²) in [4.78, 5) is 9.53. The fraction of sp³-hybridized carbons (Fsp3) is 0.696. The fourth-order valence-electron chi connectivity index (χ4n) is 4.03. The summed E-state index contributed by atoms with van der Waals surface area (Å²) in [6.07, 6.45) is 4.93. The molecule has 5 nitrogen and oxygen atoms in total. The van der Waals surface area contributed by atoms with Crippen molar-refractivity contribution in [2.75, 3.05) is 39.8 Å². The van der Waals surface area contributed by atoms with Crippen LogP contribution in [0.5, 0.6) is 0 Å². The number of benzene rings is 1. The predicted molar refractivity (Wildman–Crippen MR) is 136 cm³/mol. The summed E-state index contributed by atoms with van der Waals surface area (Å²) in [7, 11) is 1.87. The van der Waals surface area contributed by atoms with Crippen molar-refractivity contribution in [3.8, 4) is 0 Å². The number of likely N-dealkylation sites (tertiary alicyclic amines) is 1. The zero-order valence-corrected chi connectivity index (χ0v) is 21.2. The molecule has 1 saturated heterocycles. The molecule has 2 atom stereocenters. The van der Waals surface area contributed by atoms with Crippen LogP contribution >= 0.6 is 24.0 Å². The van der Waals surface area contributed by atoms with Crippen LogP contribution in [0.4, 0.5) is 0 Å². The van der Waals surface area contributed by atoms with Crippen molar-refractivity contribution in [3.63, 3.8) is 0 Å². The molecule has 1 heterocycles. The molecule has 1 aromatic rings. The van der Waals surface area contributed by atoms with Gasteiger partial charge >= 0.3 is 0 Å². The van der Waals surface area contributed by atoms with Gasteiger partial charge in [-0.05, 0) is 64.3 Å². The van der Waals surface area contributed by atoms with Crippen LogP contribution in [-0.2, 0) is 6.54 Å². The normalized spacial score (nSPS) is 18.5. The van der Waals surface area contributed by atoms with E-state index in [1.165, 1.54) is 44.3 Å². The first-order valence-corrected chi connectivity index (χ1v) is 11.1. The highest BCUT2D eigenvalue weighted by Gasteiger charge is 2.24. The van der Waals surface area contributed by atoms with Crippen molar-refractivity contribution in [1.82, 2.24) is 20.4 Å². The standard InChI is InChI=1S/C23H41N5.HI/c1-5-27(6-2)16-10-12-20(3)26-23(24-4)25-18-22-15-11-17-28(22)19-21-13-8-7-9-14-21;/h7-9,13-14,20,22H,5-6,10-12,15-19H2,1-4H3,(H2,24,25,26);1H. The van der Waals surface area contributed by atoms with E-state index in [9.17, 15) is 0 Å². The molecule has 1 aliphatic heterocycles. The van der Waals surface area contributed by atoms with E-state index in [4.69, 9.17) is 0 Å². The van der Waals surface area contributed by atoms with Gasteiger partial charge in [0.2, 0.25) is 0 Å². The molecule has 0 aromatic heterocycles. The minimum absolute atomic E-state index is 0. The van der Waals surface area contributed by atoms with E-state index in [0.29, 0.717) is 12.1 Å². The van der Waals surface area contributed by atoms with Gasteiger partial charge in [0.25, 0.3) is 0 Å². The smallest absolute Gasteiger partial charge is 0.191 e. The largest absolute Gasteiger partial charge is 0.355 e. The number of hydrogen-bond donors (Lipinski definition) is 2. The van der Waals surface area contributed by atoms with E-state index < -0.39 is 0 Å². The minimum atomic E-state index is 0.